The molecule has 6 nitrogen and oxygen atoms in total. The second kappa shape index (κ2) is 5.92. The zero-order valence-corrected chi connectivity index (χ0v) is 13.6. The highest BCUT2D eigenvalue weighted by atomic mass is 16.5. The lowest BCUT2D eigenvalue weighted by molar-refractivity contribution is -0.148. The molecule has 2 fully saturated rings. The minimum Gasteiger partial charge on any atom is -0.469 e. The normalized spacial score (nSPS) is 28.2. The van der Waals surface area contributed by atoms with Crippen LogP contribution in [-0.4, -0.2) is 34.8 Å². The van der Waals surface area contributed by atoms with Crippen molar-refractivity contribution in [3.63, 3.8) is 0 Å². The van der Waals surface area contributed by atoms with Gasteiger partial charge in [0, 0.05) is 11.4 Å². The van der Waals surface area contributed by atoms with Crippen LogP contribution in [0.4, 0.5) is 0 Å². The van der Waals surface area contributed by atoms with Crippen molar-refractivity contribution in [2.75, 3.05) is 7.11 Å². The summed E-state index contributed by atoms with van der Waals surface area (Å²) in [7, 11) is 1.42. The van der Waals surface area contributed by atoms with E-state index >= 15 is 0 Å². The van der Waals surface area contributed by atoms with Gasteiger partial charge in [0.1, 0.15) is 6.54 Å². The van der Waals surface area contributed by atoms with Crippen molar-refractivity contribution in [1.29, 1.82) is 0 Å². The maximum Gasteiger partial charge on any atom is 0.311 e. The van der Waals surface area contributed by atoms with Crippen LogP contribution in [-0.2, 0) is 20.9 Å². The first kappa shape index (κ1) is 15.2. The zero-order valence-electron chi connectivity index (χ0n) is 13.6. The van der Waals surface area contributed by atoms with Gasteiger partial charge >= 0.3 is 5.97 Å². The number of hydrogen-bond donors (Lipinski definition) is 1. The van der Waals surface area contributed by atoms with Crippen LogP contribution in [0.2, 0.25) is 0 Å². The Hall–Kier alpha value is -2.37. The molecule has 2 aliphatic carbocycles. The number of carbonyl (C=O) groups is 2. The molecule has 4 atom stereocenters. The molecule has 1 aromatic carbocycles. The predicted octanol–water partition coefficient (Wildman–Crippen LogP) is 1.74. The summed E-state index contributed by atoms with van der Waals surface area (Å²) in [6, 6.07) is 7.70. The number of carbonyl (C=O) groups excluding carboxylic acids is 2. The highest BCUT2D eigenvalue weighted by Gasteiger charge is 2.51. The third-order valence-corrected chi connectivity index (χ3v) is 5.56. The van der Waals surface area contributed by atoms with Crippen LogP contribution in [0.5, 0.6) is 0 Å². The maximum absolute atomic E-state index is 12.5. The third kappa shape index (κ3) is 2.46. The zero-order chi connectivity index (χ0) is 16.7. The molecule has 1 aromatic heterocycles. The van der Waals surface area contributed by atoms with E-state index in [4.69, 9.17) is 4.74 Å². The van der Waals surface area contributed by atoms with Gasteiger partial charge in [-0.3, -0.25) is 14.3 Å². The number of benzene rings is 1. The highest BCUT2D eigenvalue weighted by molar-refractivity contribution is 5.83. The minimum absolute atomic E-state index is 0.102. The standard InChI is InChI=1S/C18H21N3O3/c1-24-18(23)16-11-6-7-12(8-11)17(16)20-15(22)10-21-14-5-3-2-4-13(14)9-19-21/h2-5,9,11-12,16-17H,6-8,10H2,1H3,(H,20,22). The summed E-state index contributed by atoms with van der Waals surface area (Å²) in [5.41, 5.74) is 0.935. The Kier molecular flexibility index (Phi) is 3.75. The Morgan fingerprint density at radius 3 is 2.92 bits per heavy atom. The van der Waals surface area contributed by atoms with Gasteiger partial charge < -0.3 is 10.1 Å². The molecule has 2 aromatic rings. The summed E-state index contributed by atoms with van der Waals surface area (Å²) in [6.45, 7) is 0.162. The molecule has 2 saturated carbocycles. The van der Waals surface area contributed by atoms with Crippen molar-refractivity contribution < 1.29 is 14.3 Å². The first-order chi connectivity index (χ1) is 11.7. The Bertz CT molecular complexity index is 785. The number of methoxy groups -OCH3 is 1. The second-order valence-electron chi connectivity index (χ2n) is 6.84. The van der Waals surface area contributed by atoms with E-state index < -0.39 is 0 Å². The number of nitrogens with one attached hydrogen (secondary N) is 1. The monoisotopic (exact) mass is 327 g/mol. The van der Waals surface area contributed by atoms with E-state index in [9.17, 15) is 9.59 Å². The average Bonchev–Trinajstić information content (AvgIpc) is 3.29. The van der Waals surface area contributed by atoms with Gasteiger partial charge in [0.05, 0.1) is 24.7 Å². The SMILES string of the molecule is COC(=O)C1C2CCC(C2)C1NC(=O)Cn1ncc2ccccc21. The smallest absolute Gasteiger partial charge is 0.311 e. The van der Waals surface area contributed by atoms with Crippen molar-refractivity contribution in [2.45, 2.75) is 31.8 Å². The maximum atomic E-state index is 12.5. The van der Waals surface area contributed by atoms with E-state index in [0.717, 1.165) is 30.2 Å². The largest absolute Gasteiger partial charge is 0.469 e. The van der Waals surface area contributed by atoms with Gasteiger partial charge in [-0.15, -0.1) is 0 Å². The fraction of sp³-hybridized carbons (Fsp3) is 0.500. The number of hydrogen-bond acceptors (Lipinski definition) is 4. The van der Waals surface area contributed by atoms with Crippen molar-refractivity contribution in [2.24, 2.45) is 17.8 Å². The van der Waals surface area contributed by atoms with Gasteiger partial charge in [-0.25, -0.2) is 0 Å². The summed E-state index contributed by atoms with van der Waals surface area (Å²) >= 11 is 0. The molecule has 126 valence electrons. The van der Waals surface area contributed by atoms with Crippen molar-refractivity contribution in [3.8, 4) is 0 Å². The lowest BCUT2D eigenvalue weighted by atomic mass is 9.84. The molecule has 4 unspecified atom stereocenters. The second-order valence-corrected chi connectivity index (χ2v) is 6.84. The van der Waals surface area contributed by atoms with E-state index in [-0.39, 0.29) is 30.4 Å². The van der Waals surface area contributed by atoms with Crippen LogP contribution in [0.15, 0.2) is 30.5 Å². The van der Waals surface area contributed by atoms with Crippen LogP contribution in [0.25, 0.3) is 10.9 Å². The summed E-state index contributed by atoms with van der Waals surface area (Å²) in [6.07, 6.45) is 4.90. The van der Waals surface area contributed by atoms with Gasteiger partial charge in [-0.1, -0.05) is 18.2 Å². The van der Waals surface area contributed by atoms with E-state index in [1.54, 1.807) is 10.9 Å². The van der Waals surface area contributed by atoms with Crippen molar-refractivity contribution >= 4 is 22.8 Å². The molecule has 6 heteroatoms. The van der Waals surface area contributed by atoms with Crippen molar-refractivity contribution in [3.05, 3.63) is 30.5 Å². The number of ether oxygens (including phenoxy) is 1. The minimum atomic E-state index is -0.202. The molecule has 1 N–H and O–H groups in total. The molecule has 0 saturated heterocycles. The van der Waals surface area contributed by atoms with Crippen LogP contribution in [0.3, 0.4) is 0 Å². The third-order valence-electron chi connectivity index (χ3n) is 5.56. The van der Waals surface area contributed by atoms with E-state index in [0.29, 0.717) is 11.8 Å². The molecular weight excluding hydrogens is 306 g/mol. The summed E-state index contributed by atoms with van der Waals surface area (Å²) in [5, 5.41) is 8.38. The number of amides is 1. The molecule has 0 spiro atoms. The van der Waals surface area contributed by atoms with Crippen LogP contribution in [0.1, 0.15) is 19.3 Å². The molecule has 1 amide bonds. The van der Waals surface area contributed by atoms with E-state index in [1.165, 1.54) is 7.11 Å². The molecule has 4 rings (SSSR count). The molecule has 2 aliphatic rings. The van der Waals surface area contributed by atoms with Crippen LogP contribution >= 0.6 is 0 Å². The number of para-hydroxylation sites is 1. The average molecular weight is 327 g/mol. The Balaban J connectivity index is 1.48. The van der Waals surface area contributed by atoms with Gasteiger partial charge in [0.2, 0.25) is 5.91 Å². The first-order valence-corrected chi connectivity index (χ1v) is 8.45. The fourth-order valence-electron chi connectivity index (χ4n) is 4.49. The van der Waals surface area contributed by atoms with Crippen LogP contribution < -0.4 is 5.32 Å². The number of nitrogens with zero attached hydrogens (tertiary/aromatic N) is 2. The molecular formula is C18H21N3O3. The van der Waals surface area contributed by atoms with Crippen molar-refractivity contribution in [1.82, 2.24) is 15.1 Å². The lowest BCUT2D eigenvalue weighted by Gasteiger charge is -2.29. The number of fused-ring (bicyclic) bond motifs is 3. The Morgan fingerprint density at radius 2 is 2.08 bits per heavy atom. The molecule has 0 radical (unpaired) electrons. The number of rotatable bonds is 4. The summed E-state index contributed by atoms with van der Waals surface area (Å²) in [4.78, 5) is 24.6. The number of esters is 1. The lowest BCUT2D eigenvalue weighted by Crippen LogP contribution is -2.48. The quantitative estimate of drug-likeness (QED) is 0.868. The van der Waals surface area contributed by atoms with Gasteiger partial charge in [0.25, 0.3) is 0 Å². The highest BCUT2D eigenvalue weighted by Crippen LogP contribution is 2.48. The predicted molar refractivity (Wildman–Crippen MR) is 88.0 cm³/mol. The molecule has 24 heavy (non-hydrogen) atoms. The molecule has 2 bridgehead atoms. The summed E-state index contributed by atoms with van der Waals surface area (Å²) < 4.78 is 6.65. The topological polar surface area (TPSA) is 73.2 Å². The fourth-order valence-corrected chi connectivity index (χ4v) is 4.49. The molecule has 0 aliphatic heterocycles. The van der Waals surface area contributed by atoms with E-state index in [2.05, 4.69) is 10.4 Å². The Labute approximate surface area is 140 Å². The van der Waals surface area contributed by atoms with Gasteiger partial charge in [-0.2, -0.15) is 5.10 Å². The summed E-state index contributed by atoms with van der Waals surface area (Å²) in [5.74, 6) is 0.232. The number of aromatic nitrogens is 2. The van der Waals surface area contributed by atoms with Gasteiger partial charge in [0.15, 0.2) is 0 Å². The van der Waals surface area contributed by atoms with E-state index in [1.807, 2.05) is 24.3 Å². The molecule has 1 heterocycles. The van der Waals surface area contributed by atoms with Gasteiger partial charge in [-0.05, 0) is 37.2 Å². The Morgan fingerprint density at radius 1 is 1.29 bits per heavy atom. The first-order valence-electron chi connectivity index (χ1n) is 8.45. The van der Waals surface area contributed by atoms with Crippen LogP contribution in [0, 0.1) is 17.8 Å².